The Bertz CT molecular complexity index is 434. The summed E-state index contributed by atoms with van der Waals surface area (Å²) in [7, 11) is 0. The quantitative estimate of drug-likeness (QED) is 0.812. The van der Waals surface area contributed by atoms with Gasteiger partial charge in [-0.2, -0.15) is 0 Å². The molecular formula is C17H27NO3. The zero-order valence-electron chi connectivity index (χ0n) is 13.5. The van der Waals surface area contributed by atoms with E-state index in [0.29, 0.717) is 19.4 Å². The third kappa shape index (κ3) is 6.63. The second kappa shape index (κ2) is 8.03. The van der Waals surface area contributed by atoms with Crippen LogP contribution in [0.25, 0.3) is 0 Å². The van der Waals surface area contributed by atoms with E-state index in [1.54, 1.807) is 0 Å². The molecule has 0 saturated carbocycles. The van der Waals surface area contributed by atoms with E-state index in [1.165, 1.54) is 5.56 Å². The Morgan fingerprint density at radius 2 is 1.90 bits per heavy atom. The molecule has 1 atom stereocenters. The Balaban J connectivity index is 2.37. The maximum absolute atomic E-state index is 11.9. The lowest BCUT2D eigenvalue weighted by molar-refractivity contribution is -0.123. The van der Waals surface area contributed by atoms with Gasteiger partial charge >= 0.3 is 0 Å². The van der Waals surface area contributed by atoms with Crippen LogP contribution in [-0.4, -0.2) is 30.3 Å². The van der Waals surface area contributed by atoms with E-state index in [2.05, 4.69) is 26.1 Å². The summed E-state index contributed by atoms with van der Waals surface area (Å²) in [5.74, 6) is 0.728. The van der Waals surface area contributed by atoms with E-state index < -0.39 is 0 Å². The topological polar surface area (TPSA) is 58.6 Å². The number of nitrogens with one attached hydrogen (secondary N) is 1. The van der Waals surface area contributed by atoms with Crippen LogP contribution in [0.3, 0.4) is 0 Å². The highest BCUT2D eigenvalue weighted by atomic mass is 16.5. The monoisotopic (exact) mass is 293 g/mol. The van der Waals surface area contributed by atoms with Crippen molar-refractivity contribution < 1.29 is 14.6 Å². The van der Waals surface area contributed by atoms with Crippen LogP contribution in [0.5, 0.6) is 5.75 Å². The van der Waals surface area contributed by atoms with Gasteiger partial charge in [0.2, 0.25) is 5.91 Å². The number of aliphatic hydroxyl groups excluding tert-OH is 1. The molecule has 0 bridgehead atoms. The Morgan fingerprint density at radius 3 is 2.43 bits per heavy atom. The van der Waals surface area contributed by atoms with Crippen molar-refractivity contribution in [2.45, 2.75) is 46.6 Å². The van der Waals surface area contributed by atoms with Crippen LogP contribution in [-0.2, 0) is 4.79 Å². The van der Waals surface area contributed by atoms with Gasteiger partial charge in [0.15, 0.2) is 0 Å². The van der Waals surface area contributed by atoms with Crippen molar-refractivity contribution in [1.29, 1.82) is 0 Å². The summed E-state index contributed by atoms with van der Waals surface area (Å²) in [6, 6.07) is 7.72. The molecular weight excluding hydrogens is 266 g/mol. The van der Waals surface area contributed by atoms with Crippen LogP contribution in [0.2, 0.25) is 0 Å². The lowest BCUT2D eigenvalue weighted by Gasteiger charge is -2.31. The fraction of sp³-hybridized carbons (Fsp3) is 0.588. The predicted octanol–water partition coefficient (Wildman–Crippen LogP) is 2.68. The summed E-state index contributed by atoms with van der Waals surface area (Å²) in [5.41, 5.74) is 1.10. The molecule has 1 unspecified atom stereocenters. The Morgan fingerprint density at radius 1 is 1.29 bits per heavy atom. The van der Waals surface area contributed by atoms with Crippen molar-refractivity contribution in [2.24, 2.45) is 5.41 Å². The average molecular weight is 293 g/mol. The minimum atomic E-state index is -0.0732. The standard InChI is InChI=1S/C17H27NO3/c1-13-5-7-14(8-6-13)21-12-10-16(20)18-15(9-11-19)17(2,3)4/h5-8,15,19H,9-12H2,1-4H3,(H,18,20). The van der Waals surface area contributed by atoms with Gasteiger partial charge in [0, 0.05) is 12.6 Å². The van der Waals surface area contributed by atoms with E-state index in [9.17, 15) is 4.79 Å². The van der Waals surface area contributed by atoms with Crippen LogP contribution in [0.15, 0.2) is 24.3 Å². The van der Waals surface area contributed by atoms with Crippen molar-refractivity contribution in [2.75, 3.05) is 13.2 Å². The summed E-state index contributed by atoms with van der Waals surface area (Å²) in [6.45, 7) is 8.60. The zero-order valence-corrected chi connectivity index (χ0v) is 13.5. The number of rotatable bonds is 7. The first-order valence-electron chi connectivity index (χ1n) is 7.42. The van der Waals surface area contributed by atoms with Crippen LogP contribution in [0.4, 0.5) is 0 Å². The van der Waals surface area contributed by atoms with E-state index in [1.807, 2.05) is 31.2 Å². The molecule has 0 radical (unpaired) electrons. The van der Waals surface area contributed by atoms with Crippen molar-refractivity contribution >= 4 is 5.91 Å². The molecule has 118 valence electrons. The first-order valence-corrected chi connectivity index (χ1v) is 7.42. The summed E-state index contributed by atoms with van der Waals surface area (Å²) in [6.07, 6.45) is 0.875. The number of aliphatic hydroxyl groups is 1. The van der Waals surface area contributed by atoms with E-state index in [0.717, 1.165) is 5.75 Å². The molecule has 0 aliphatic rings. The first-order chi connectivity index (χ1) is 9.82. The molecule has 0 fully saturated rings. The van der Waals surface area contributed by atoms with Gasteiger partial charge < -0.3 is 15.2 Å². The van der Waals surface area contributed by atoms with Gasteiger partial charge in [-0.25, -0.2) is 0 Å². The fourth-order valence-corrected chi connectivity index (χ4v) is 2.01. The SMILES string of the molecule is Cc1ccc(OCCC(=O)NC(CCO)C(C)(C)C)cc1. The minimum absolute atomic E-state index is 0.0330. The Kier molecular flexibility index (Phi) is 6.69. The summed E-state index contributed by atoms with van der Waals surface area (Å²) >= 11 is 0. The van der Waals surface area contributed by atoms with Crippen molar-refractivity contribution in [3.8, 4) is 5.75 Å². The molecule has 1 aromatic carbocycles. The van der Waals surface area contributed by atoms with Crippen LogP contribution in [0, 0.1) is 12.3 Å². The molecule has 1 amide bonds. The van der Waals surface area contributed by atoms with Gasteiger partial charge in [-0.3, -0.25) is 4.79 Å². The largest absolute Gasteiger partial charge is 0.493 e. The normalized spacial score (nSPS) is 12.8. The summed E-state index contributed by atoms with van der Waals surface area (Å²) in [5, 5.41) is 12.1. The average Bonchev–Trinajstić information content (AvgIpc) is 2.39. The third-order valence-corrected chi connectivity index (χ3v) is 3.42. The molecule has 0 heterocycles. The molecule has 0 aromatic heterocycles. The van der Waals surface area contributed by atoms with Crippen molar-refractivity contribution in [3.05, 3.63) is 29.8 Å². The predicted molar refractivity (Wildman–Crippen MR) is 84.4 cm³/mol. The molecule has 21 heavy (non-hydrogen) atoms. The lowest BCUT2D eigenvalue weighted by atomic mass is 9.85. The molecule has 1 aromatic rings. The third-order valence-electron chi connectivity index (χ3n) is 3.42. The second-order valence-electron chi connectivity index (χ2n) is 6.41. The molecule has 1 rings (SSSR count). The summed E-state index contributed by atoms with van der Waals surface area (Å²) in [4.78, 5) is 11.9. The molecule has 4 heteroatoms. The maximum Gasteiger partial charge on any atom is 0.223 e. The van der Waals surface area contributed by atoms with E-state index in [4.69, 9.17) is 9.84 Å². The fourth-order valence-electron chi connectivity index (χ4n) is 2.01. The highest BCUT2D eigenvalue weighted by molar-refractivity contribution is 5.76. The highest BCUT2D eigenvalue weighted by Crippen LogP contribution is 2.21. The Hall–Kier alpha value is -1.55. The van der Waals surface area contributed by atoms with Gasteiger partial charge in [-0.05, 0) is 30.9 Å². The molecule has 0 saturated heterocycles. The molecule has 0 aliphatic heterocycles. The maximum atomic E-state index is 11.9. The number of hydrogen-bond donors (Lipinski definition) is 2. The smallest absolute Gasteiger partial charge is 0.223 e. The van der Waals surface area contributed by atoms with E-state index in [-0.39, 0.29) is 24.0 Å². The number of aryl methyl sites for hydroxylation is 1. The van der Waals surface area contributed by atoms with Crippen LogP contribution < -0.4 is 10.1 Å². The lowest BCUT2D eigenvalue weighted by Crippen LogP contribution is -2.44. The molecule has 0 spiro atoms. The van der Waals surface area contributed by atoms with Crippen LogP contribution >= 0.6 is 0 Å². The second-order valence-corrected chi connectivity index (χ2v) is 6.41. The van der Waals surface area contributed by atoms with Gasteiger partial charge in [0.25, 0.3) is 0 Å². The highest BCUT2D eigenvalue weighted by Gasteiger charge is 2.25. The molecule has 2 N–H and O–H groups in total. The molecule has 0 aliphatic carbocycles. The van der Waals surface area contributed by atoms with Crippen LogP contribution in [0.1, 0.15) is 39.2 Å². The van der Waals surface area contributed by atoms with Gasteiger partial charge in [0.05, 0.1) is 13.0 Å². The van der Waals surface area contributed by atoms with Crippen molar-refractivity contribution in [1.82, 2.24) is 5.32 Å². The van der Waals surface area contributed by atoms with Gasteiger partial charge in [-0.15, -0.1) is 0 Å². The number of hydrogen-bond acceptors (Lipinski definition) is 3. The molecule has 4 nitrogen and oxygen atoms in total. The Labute approximate surface area is 127 Å². The summed E-state index contributed by atoms with van der Waals surface area (Å²) < 4.78 is 5.55. The van der Waals surface area contributed by atoms with Crippen molar-refractivity contribution in [3.63, 3.8) is 0 Å². The number of amides is 1. The number of carbonyl (C=O) groups excluding carboxylic acids is 1. The minimum Gasteiger partial charge on any atom is -0.493 e. The van der Waals surface area contributed by atoms with Gasteiger partial charge in [0.1, 0.15) is 5.75 Å². The van der Waals surface area contributed by atoms with E-state index >= 15 is 0 Å². The number of benzene rings is 1. The number of carbonyl (C=O) groups is 1. The van der Waals surface area contributed by atoms with Gasteiger partial charge in [-0.1, -0.05) is 38.5 Å². The zero-order chi connectivity index (χ0) is 15.9. The number of ether oxygens (including phenoxy) is 1. The first kappa shape index (κ1) is 17.5.